The van der Waals surface area contributed by atoms with E-state index in [1.165, 1.54) is 12.8 Å². The van der Waals surface area contributed by atoms with Gasteiger partial charge in [-0.25, -0.2) is 0 Å². The van der Waals surface area contributed by atoms with Crippen LogP contribution in [0.4, 0.5) is 0 Å². The van der Waals surface area contributed by atoms with Crippen LogP contribution in [-0.4, -0.2) is 42.9 Å². The molecule has 0 radical (unpaired) electrons. The van der Waals surface area contributed by atoms with Gasteiger partial charge in [-0.05, 0) is 50.6 Å². The molecule has 0 unspecified atom stereocenters. The average molecular weight is 433 g/mol. The molecule has 5 rings (SSSR count). The maximum atomic E-state index is 5.51. The third kappa shape index (κ3) is 4.40. The standard InChI is InChI=1S/C23H24N6OS/c1-17-9-5-6-12-19(17)22-24-21(30-27-22)16-31-23-26-25-20(15-28-13-7-8-14-28)29(23)18-10-3-2-4-11-18/h2-6,9-12H,7-8,13-16H2,1H3. The highest BCUT2D eigenvalue weighted by Gasteiger charge is 2.20. The van der Waals surface area contributed by atoms with Crippen LogP contribution in [0.1, 0.15) is 30.1 Å². The number of likely N-dealkylation sites (tertiary alicyclic amines) is 1. The van der Waals surface area contributed by atoms with Crippen molar-refractivity contribution in [3.63, 3.8) is 0 Å². The van der Waals surface area contributed by atoms with Gasteiger partial charge >= 0.3 is 0 Å². The fraction of sp³-hybridized carbons (Fsp3) is 0.304. The van der Waals surface area contributed by atoms with E-state index in [-0.39, 0.29) is 0 Å². The summed E-state index contributed by atoms with van der Waals surface area (Å²) < 4.78 is 7.65. The lowest BCUT2D eigenvalue weighted by atomic mass is 10.1. The van der Waals surface area contributed by atoms with Crippen LogP contribution in [-0.2, 0) is 12.3 Å². The molecule has 1 fully saturated rings. The first-order chi connectivity index (χ1) is 15.3. The second kappa shape index (κ2) is 9.03. The van der Waals surface area contributed by atoms with Crippen molar-refractivity contribution < 1.29 is 4.52 Å². The Balaban J connectivity index is 1.37. The van der Waals surface area contributed by atoms with E-state index >= 15 is 0 Å². The zero-order valence-electron chi connectivity index (χ0n) is 17.4. The van der Waals surface area contributed by atoms with Crippen LogP contribution >= 0.6 is 11.8 Å². The highest BCUT2D eigenvalue weighted by Crippen LogP contribution is 2.27. The quantitative estimate of drug-likeness (QED) is 0.398. The van der Waals surface area contributed by atoms with Gasteiger partial charge in [0.15, 0.2) is 11.0 Å². The fourth-order valence-electron chi connectivity index (χ4n) is 3.85. The Bertz CT molecular complexity index is 1150. The molecule has 2 aromatic heterocycles. The third-order valence-electron chi connectivity index (χ3n) is 5.46. The Hall–Kier alpha value is -2.97. The lowest BCUT2D eigenvalue weighted by Crippen LogP contribution is -2.21. The molecule has 0 saturated carbocycles. The van der Waals surface area contributed by atoms with Gasteiger partial charge in [0.1, 0.15) is 0 Å². The van der Waals surface area contributed by atoms with Crippen LogP contribution in [0.3, 0.4) is 0 Å². The van der Waals surface area contributed by atoms with Crippen LogP contribution in [0.15, 0.2) is 64.3 Å². The normalized spacial score (nSPS) is 14.4. The van der Waals surface area contributed by atoms with E-state index < -0.39 is 0 Å². The van der Waals surface area contributed by atoms with E-state index in [1.54, 1.807) is 11.8 Å². The predicted octanol–water partition coefficient (Wildman–Crippen LogP) is 4.51. The van der Waals surface area contributed by atoms with E-state index in [9.17, 15) is 0 Å². The molecule has 3 heterocycles. The number of hydrogen-bond donors (Lipinski definition) is 0. The summed E-state index contributed by atoms with van der Waals surface area (Å²) in [6, 6.07) is 18.3. The Labute approximate surface area is 185 Å². The monoisotopic (exact) mass is 432 g/mol. The van der Waals surface area contributed by atoms with Crippen LogP contribution in [0.25, 0.3) is 17.1 Å². The summed E-state index contributed by atoms with van der Waals surface area (Å²) in [7, 11) is 0. The van der Waals surface area contributed by atoms with E-state index in [0.29, 0.717) is 17.5 Å². The minimum absolute atomic E-state index is 0.535. The van der Waals surface area contributed by atoms with Crippen molar-refractivity contribution in [2.24, 2.45) is 0 Å². The molecule has 0 bridgehead atoms. The Morgan fingerprint density at radius 1 is 0.968 bits per heavy atom. The summed E-state index contributed by atoms with van der Waals surface area (Å²) >= 11 is 1.56. The average Bonchev–Trinajstić information content (AvgIpc) is 3.55. The van der Waals surface area contributed by atoms with E-state index in [0.717, 1.165) is 47.4 Å². The zero-order chi connectivity index (χ0) is 21.0. The lowest BCUT2D eigenvalue weighted by molar-refractivity contribution is 0.319. The number of aryl methyl sites for hydroxylation is 1. The van der Waals surface area contributed by atoms with Gasteiger partial charge < -0.3 is 4.52 Å². The predicted molar refractivity (Wildman–Crippen MR) is 120 cm³/mol. The van der Waals surface area contributed by atoms with Gasteiger partial charge in [0.25, 0.3) is 0 Å². The number of aromatic nitrogens is 5. The number of thioether (sulfide) groups is 1. The highest BCUT2D eigenvalue weighted by molar-refractivity contribution is 7.98. The number of hydrogen-bond acceptors (Lipinski definition) is 7. The van der Waals surface area contributed by atoms with E-state index in [2.05, 4.69) is 41.9 Å². The number of benzene rings is 2. The van der Waals surface area contributed by atoms with Crippen LogP contribution < -0.4 is 0 Å². The largest absolute Gasteiger partial charge is 0.338 e. The van der Waals surface area contributed by atoms with E-state index in [1.807, 2.05) is 49.4 Å². The molecule has 1 aliphatic rings. The smallest absolute Gasteiger partial charge is 0.237 e. The molecule has 0 aliphatic carbocycles. The van der Waals surface area contributed by atoms with Crippen molar-refractivity contribution in [3.05, 3.63) is 71.9 Å². The van der Waals surface area contributed by atoms with Gasteiger partial charge in [-0.1, -0.05) is 59.4 Å². The lowest BCUT2D eigenvalue weighted by Gasteiger charge is -2.15. The molecule has 8 heteroatoms. The molecule has 31 heavy (non-hydrogen) atoms. The molecule has 0 amide bonds. The molecule has 1 aliphatic heterocycles. The molecule has 0 atom stereocenters. The van der Waals surface area contributed by atoms with Crippen molar-refractivity contribution in [3.8, 4) is 17.1 Å². The summed E-state index contributed by atoms with van der Waals surface area (Å²) in [6.45, 7) is 5.09. The highest BCUT2D eigenvalue weighted by atomic mass is 32.2. The van der Waals surface area contributed by atoms with Gasteiger partial charge in [-0.3, -0.25) is 9.47 Å². The Morgan fingerprint density at radius 3 is 2.55 bits per heavy atom. The molecule has 7 nitrogen and oxygen atoms in total. The number of rotatable bonds is 7. The maximum Gasteiger partial charge on any atom is 0.237 e. The number of para-hydroxylation sites is 1. The van der Waals surface area contributed by atoms with Gasteiger partial charge in [0.05, 0.1) is 12.3 Å². The van der Waals surface area contributed by atoms with Gasteiger partial charge in [0, 0.05) is 11.3 Å². The minimum Gasteiger partial charge on any atom is -0.338 e. The van der Waals surface area contributed by atoms with Gasteiger partial charge in [0.2, 0.25) is 11.7 Å². The first-order valence-corrected chi connectivity index (χ1v) is 11.5. The Kier molecular flexibility index (Phi) is 5.82. The first-order valence-electron chi connectivity index (χ1n) is 10.5. The SMILES string of the molecule is Cc1ccccc1-c1noc(CSc2nnc(CN3CCCC3)n2-c2ccccc2)n1. The summed E-state index contributed by atoms with van der Waals surface area (Å²) in [5.41, 5.74) is 3.18. The fourth-order valence-corrected chi connectivity index (χ4v) is 4.65. The first kappa shape index (κ1) is 20.0. The zero-order valence-corrected chi connectivity index (χ0v) is 18.3. The van der Waals surface area contributed by atoms with Gasteiger partial charge in [-0.2, -0.15) is 4.98 Å². The van der Waals surface area contributed by atoms with Crippen LogP contribution in [0, 0.1) is 6.92 Å². The van der Waals surface area contributed by atoms with Crippen LogP contribution in [0.5, 0.6) is 0 Å². The van der Waals surface area contributed by atoms with Crippen molar-refractivity contribution in [1.29, 1.82) is 0 Å². The number of nitrogens with zero attached hydrogens (tertiary/aromatic N) is 6. The molecule has 0 N–H and O–H groups in total. The molecule has 2 aromatic carbocycles. The maximum absolute atomic E-state index is 5.51. The van der Waals surface area contributed by atoms with Crippen molar-refractivity contribution in [2.45, 2.75) is 37.2 Å². The topological polar surface area (TPSA) is 72.9 Å². The van der Waals surface area contributed by atoms with E-state index in [4.69, 9.17) is 4.52 Å². The van der Waals surface area contributed by atoms with Gasteiger partial charge in [-0.15, -0.1) is 10.2 Å². The molecule has 158 valence electrons. The van der Waals surface area contributed by atoms with Crippen molar-refractivity contribution in [1.82, 2.24) is 29.8 Å². The second-order valence-electron chi connectivity index (χ2n) is 7.67. The molecular formula is C23H24N6OS. The van der Waals surface area contributed by atoms with Crippen molar-refractivity contribution >= 4 is 11.8 Å². The van der Waals surface area contributed by atoms with Crippen molar-refractivity contribution in [2.75, 3.05) is 13.1 Å². The molecule has 4 aromatic rings. The summed E-state index contributed by atoms with van der Waals surface area (Å²) in [6.07, 6.45) is 2.50. The summed E-state index contributed by atoms with van der Waals surface area (Å²) in [5.74, 6) is 2.69. The summed E-state index contributed by atoms with van der Waals surface area (Å²) in [5, 5.41) is 14.0. The summed E-state index contributed by atoms with van der Waals surface area (Å²) in [4.78, 5) is 7.02. The molecule has 1 saturated heterocycles. The molecule has 0 spiro atoms. The third-order valence-corrected chi connectivity index (χ3v) is 6.37. The Morgan fingerprint density at radius 2 is 1.74 bits per heavy atom. The second-order valence-corrected chi connectivity index (χ2v) is 8.61. The minimum atomic E-state index is 0.535. The molecular weight excluding hydrogens is 408 g/mol. The van der Waals surface area contributed by atoms with Crippen LogP contribution in [0.2, 0.25) is 0 Å².